The Bertz CT molecular complexity index is 1850. The topological polar surface area (TPSA) is 161 Å². The van der Waals surface area contributed by atoms with Gasteiger partial charge in [0, 0.05) is 37.1 Å². The summed E-state index contributed by atoms with van der Waals surface area (Å²) < 4.78 is 25.6. The lowest BCUT2D eigenvalue weighted by Crippen LogP contribution is -2.17. The van der Waals surface area contributed by atoms with Crippen molar-refractivity contribution in [1.82, 2.24) is 20.6 Å². The number of rotatable bonds is 25. The Balaban J connectivity index is 1.47. The van der Waals surface area contributed by atoms with Crippen molar-refractivity contribution in [3.8, 4) is 34.6 Å². The second-order valence-electron chi connectivity index (χ2n) is 12.8. The van der Waals surface area contributed by atoms with Crippen LogP contribution in [0, 0.1) is 13.8 Å². The standard InChI is InChI=1S/C42H48Br2N4O8/c1-5-19-53-39-31(23-45-17-9-15-37(49)50)21-35(43)41(47-39)55-25-29-11-7-13-33(27(29)3)34-14-8-12-30(28(34)4)26-56-42-36(44)22-32(40(48-42)54-20-6-2)24-46-18-10-16-38(51)52/h5-8,11-14,21-22,45-46H,1-2,9-10,15-20,23-26H2,3-4H3,(H,49,50)(H,51,52). The lowest BCUT2D eigenvalue weighted by atomic mass is 9.92. The number of aliphatic carboxylic acids is 2. The minimum atomic E-state index is -0.823. The molecule has 14 heteroatoms. The van der Waals surface area contributed by atoms with E-state index in [4.69, 9.17) is 29.2 Å². The number of ether oxygens (including phenoxy) is 4. The average molecular weight is 897 g/mol. The van der Waals surface area contributed by atoms with E-state index in [1.54, 1.807) is 12.2 Å². The first-order valence-corrected chi connectivity index (χ1v) is 19.7. The molecule has 12 nitrogen and oxygen atoms in total. The summed E-state index contributed by atoms with van der Waals surface area (Å²) in [5.41, 5.74) is 7.86. The Labute approximate surface area is 344 Å². The zero-order valence-electron chi connectivity index (χ0n) is 31.7. The summed E-state index contributed by atoms with van der Waals surface area (Å²) >= 11 is 7.21. The van der Waals surface area contributed by atoms with E-state index in [1.165, 1.54) is 0 Å². The van der Waals surface area contributed by atoms with E-state index >= 15 is 0 Å². The number of carboxylic acids is 2. The fraction of sp³-hybridized carbons (Fsp3) is 0.333. The van der Waals surface area contributed by atoms with Gasteiger partial charge in [-0.05, 0) is 117 Å². The van der Waals surface area contributed by atoms with Crippen molar-refractivity contribution in [3.63, 3.8) is 0 Å². The Hall–Kier alpha value is -4.76. The number of nitrogens with one attached hydrogen (secondary N) is 2. The van der Waals surface area contributed by atoms with Gasteiger partial charge in [0.2, 0.25) is 23.5 Å². The molecule has 2 aromatic heterocycles. The molecule has 0 amide bonds. The highest BCUT2D eigenvalue weighted by Gasteiger charge is 2.17. The zero-order valence-corrected chi connectivity index (χ0v) is 34.8. The molecule has 0 saturated heterocycles. The Morgan fingerprint density at radius 2 is 1.07 bits per heavy atom. The van der Waals surface area contributed by atoms with E-state index in [-0.39, 0.29) is 39.3 Å². The first-order chi connectivity index (χ1) is 27.0. The fourth-order valence-electron chi connectivity index (χ4n) is 5.70. The first-order valence-electron chi connectivity index (χ1n) is 18.2. The smallest absolute Gasteiger partial charge is 0.303 e. The van der Waals surface area contributed by atoms with Crippen molar-refractivity contribution in [1.29, 1.82) is 0 Å². The van der Waals surface area contributed by atoms with E-state index < -0.39 is 11.9 Å². The second-order valence-corrected chi connectivity index (χ2v) is 14.5. The molecule has 0 radical (unpaired) electrons. The van der Waals surface area contributed by atoms with Crippen LogP contribution in [0.4, 0.5) is 0 Å². The maximum Gasteiger partial charge on any atom is 0.303 e. The number of benzene rings is 2. The quantitative estimate of drug-likeness (QED) is 0.0372. The van der Waals surface area contributed by atoms with Gasteiger partial charge in [-0.2, -0.15) is 9.97 Å². The third kappa shape index (κ3) is 13.2. The summed E-state index contributed by atoms with van der Waals surface area (Å²) in [5, 5.41) is 24.3. The van der Waals surface area contributed by atoms with Gasteiger partial charge in [0.25, 0.3) is 0 Å². The largest absolute Gasteiger partial charge is 0.481 e. The summed E-state index contributed by atoms with van der Waals surface area (Å²) in [5.74, 6) is -0.0507. The van der Waals surface area contributed by atoms with E-state index in [1.807, 2.05) is 36.4 Å². The molecule has 0 fully saturated rings. The van der Waals surface area contributed by atoms with E-state index in [0.717, 1.165) is 44.5 Å². The predicted octanol–water partition coefficient (Wildman–Crippen LogP) is 8.48. The highest BCUT2D eigenvalue weighted by molar-refractivity contribution is 9.10. The number of pyridine rings is 2. The van der Waals surface area contributed by atoms with Gasteiger partial charge in [-0.15, -0.1) is 0 Å². The summed E-state index contributed by atoms with van der Waals surface area (Å²) in [6, 6.07) is 16.1. The number of nitrogens with zero attached hydrogens (tertiary/aromatic N) is 2. The molecule has 4 N–H and O–H groups in total. The van der Waals surface area contributed by atoms with Crippen LogP contribution in [0.15, 0.2) is 82.8 Å². The second kappa shape index (κ2) is 22.7. The average Bonchev–Trinajstić information content (AvgIpc) is 3.16. The molecule has 0 atom stereocenters. The molecule has 2 aromatic carbocycles. The number of hydrogen-bond donors (Lipinski definition) is 4. The number of carbonyl (C=O) groups is 2. The molecule has 0 spiro atoms. The minimum absolute atomic E-state index is 0.0984. The SMILES string of the molecule is C=CCOc1nc(OCc2cccc(-c3cccc(COc4nc(OCC=C)c(CNCCCC(=O)O)cc4Br)c3C)c2C)c(Br)cc1CNCCCC(=O)O. The molecule has 298 valence electrons. The van der Waals surface area contributed by atoms with Crippen LogP contribution in [0.2, 0.25) is 0 Å². The summed E-state index contributed by atoms with van der Waals surface area (Å²) in [6.45, 7) is 14.7. The molecule has 56 heavy (non-hydrogen) atoms. The molecule has 0 saturated carbocycles. The van der Waals surface area contributed by atoms with Crippen molar-refractivity contribution in [3.05, 3.63) is 116 Å². The molecular formula is C42H48Br2N4O8. The lowest BCUT2D eigenvalue weighted by molar-refractivity contribution is -0.138. The van der Waals surface area contributed by atoms with Gasteiger partial charge in [0.05, 0.1) is 8.95 Å². The van der Waals surface area contributed by atoms with Gasteiger partial charge in [-0.25, -0.2) is 0 Å². The van der Waals surface area contributed by atoms with Crippen LogP contribution in [-0.4, -0.2) is 58.4 Å². The van der Waals surface area contributed by atoms with Crippen LogP contribution in [0.25, 0.3) is 11.1 Å². The van der Waals surface area contributed by atoms with Gasteiger partial charge < -0.3 is 39.8 Å². The molecule has 4 rings (SSSR count). The molecule has 0 unspecified atom stereocenters. The zero-order chi connectivity index (χ0) is 40.5. The summed E-state index contributed by atoms with van der Waals surface area (Å²) in [4.78, 5) is 31.0. The van der Waals surface area contributed by atoms with E-state index in [2.05, 4.69) is 91.6 Å². The predicted molar refractivity (Wildman–Crippen MR) is 222 cm³/mol. The van der Waals surface area contributed by atoms with Crippen molar-refractivity contribution in [2.75, 3.05) is 26.3 Å². The van der Waals surface area contributed by atoms with Crippen molar-refractivity contribution < 1.29 is 38.7 Å². The van der Waals surface area contributed by atoms with Crippen LogP contribution in [0.3, 0.4) is 0 Å². The van der Waals surface area contributed by atoms with Crippen LogP contribution in [0.5, 0.6) is 23.5 Å². The van der Waals surface area contributed by atoms with E-state index in [9.17, 15) is 9.59 Å². The van der Waals surface area contributed by atoms with Crippen LogP contribution >= 0.6 is 31.9 Å². The highest BCUT2D eigenvalue weighted by atomic mass is 79.9. The maximum atomic E-state index is 10.8. The normalized spacial score (nSPS) is 10.9. The van der Waals surface area contributed by atoms with Crippen LogP contribution in [-0.2, 0) is 35.9 Å². The lowest BCUT2D eigenvalue weighted by Gasteiger charge is -2.18. The van der Waals surface area contributed by atoms with Crippen LogP contribution in [0.1, 0.15) is 59.1 Å². The molecule has 0 aliphatic rings. The molecule has 2 heterocycles. The Morgan fingerprint density at radius 1 is 0.661 bits per heavy atom. The summed E-state index contributed by atoms with van der Waals surface area (Å²) in [7, 11) is 0. The third-order valence-electron chi connectivity index (χ3n) is 8.67. The van der Waals surface area contributed by atoms with Crippen molar-refractivity contribution >= 4 is 43.8 Å². The number of carboxylic acid groups (broad SMARTS) is 2. The Kier molecular flexibility index (Phi) is 17.8. The Morgan fingerprint density at radius 3 is 1.45 bits per heavy atom. The number of aromatic nitrogens is 2. The third-order valence-corrected chi connectivity index (χ3v) is 9.81. The maximum absolute atomic E-state index is 10.8. The number of halogens is 2. The fourth-order valence-corrected chi connectivity index (χ4v) is 6.66. The van der Waals surface area contributed by atoms with Gasteiger partial charge in [0.1, 0.15) is 26.4 Å². The van der Waals surface area contributed by atoms with Gasteiger partial charge in [0.15, 0.2) is 0 Å². The minimum Gasteiger partial charge on any atom is -0.481 e. The first kappa shape index (κ1) is 44.0. The molecule has 0 aliphatic heterocycles. The molecule has 0 bridgehead atoms. The van der Waals surface area contributed by atoms with Crippen LogP contribution < -0.4 is 29.6 Å². The highest BCUT2D eigenvalue weighted by Crippen LogP contribution is 2.34. The molecule has 4 aromatic rings. The van der Waals surface area contributed by atoms with Gasteiger partial charge in [-0.3, -0.25) is 9.59 Å². The van der Waals surface area contributed by atoms with Crippen molar-refractivity contribution in [2.45, 2.75) is 65.8 Å². The molecule has 0 aliphatic carbocycles. The van der Waals surface area contributed by atoms with Gasteiger partial charge in [-0.1, -0.05) is 61.7 Å². The number of hydrogen-bond acceptors (Lipinski definition) is 10. The van der Waals surface area contributed by atoms with Gasteiger partial charge >= 0.3 is 11.9 Å². The van der Waals surface area contributed by atoms with Crippen molar-refractivity contribution in [2.24, 2.45) is 0 Å². The summed E-state index contributed by atoms with van der Waals surface area (Å²) in [6.07, 6.45) is 4.52. The monoisotopic (exact) mass is 894 g/mol. The van der Waals surface area contributed by atoms with E-state index in [0.29, 0.717) is 71.5 Å². The molecular weight excluding hydrogens is 848 g/mol.